The van der Waals surface area contributed by atoms with Gasteiger partial charge in [-0.1, -0.05) is 42.5 Å². The molecule has 0 fully saturated rings. The lowest BCUT2D eigenvalue weighted by atomic mass is 9.92. The molecule has 6 heteroatoms. The SMILES string of the molecule is Cc1ccc(C)c(NC(=O)COC(=O)CC(CC(N)=O)c2ccccc2)c1. The molecule has 27 heavy (non-hydrogen) atoms. The molecule has 0 aliphatic heterocycles. The summed E-state index contributed by atoms with van der Waals surface area (Å²) < 4.78 is 5.08. The van der Waals surface area contributed by atoms with E-state index < -0.39 is 17.8 Å². The van der Waals surface area contributed by atoms with E-state index in [1.54, 1.807) is 0 Å². The Morgan fingerprint density at radius 2 is 1.74 bits per heavy atom. The lowest BCUT2D eigenvalue weighted by molar-refractivity contribution is -0.147. The fraction of sp³-hybridized carbons (Fsp3) is 0.286. The minimum atomic E-state index is -0.554. The van der Waals surface area contributed by atoms with Crippen LogP contribution in [0.1, 0.15) is 35.4 Å². The quantitative estimate of drug-likeness (QED) is 0.700. The number of nitrogens with one attached hydrogen (secondary N) is 1. The van der Waals surface area contributed by atoms with E-state index in [-0.39, 0.29) is 25.4 Å². The van der Waals surface area contributed by atoms with Gasteiger partial charge >= 0.3 is 5.97 Å². The van der Waals surface area contributed by atoms with Crippen molar-refractivity contribution in [2.45, 2.75) is 32.6 Å². The maximum atomic E-state index is 12.1. The van der Waals surface area contributed by atoms with Crippen LogP contribution in [-0.4, -0.2) is 24.4 Å². The van der Waals surface area contributed by atoms with E-state index in [0.29, 0.717) is 5.69 Å². The Labute approximate surface area is 158 Å². The number of amides is 2. The van der Waals surface area contributed by atoms with Gasteiger partial charge in [0.2, 0.25) is 5.91 Å². The zero-order valence-electron chi connectivity index (χ0n) is 15.5. The van der Waals surface area contributed by atoms with Gasteiger partial charge in [-0.2, -0.15) is 0 Å². The van der Waals surface area contributed by atoms with Gasteiger partial charge in [0, 0.05) is 18.0 Å². The van der Waals surface area contributed by atoms with Crippen LogP contribution < -0.4 is 11.1 Å². The van der Waals surface area contributed by atoms with Crippen molar-refractivity contribution in [2.24, 2.45) is 5.73 Å². The van der Waals surface area contributed by atoms with Crippen LogP contribution in [0.25, 0.3) is 0 Å². The summed E-state index contributed by atoms with van der Waals surface area (Å²) in [5, 5.41) is 2.73. The molecule has 0 bridgehead atoms. The fourth-order valence-corrected chi connectivity index (χ4v) is 2.74. The second kappa shape index (κ2) is 9.52. The van der Waals surface area contributed by atoms with Crippen LogP contribution in [0.2, 0.25) is 0 Å². The van der Waals surface area contributed by atoms with Crippen LogP contribution in [0.5, 0.6) is 0 Å². The summed E-state index contributed by atoms with van der Waals surface area (Å²) in [7, 11) is 0. The lowest BCUT2D eigenvalue weighted by Crippen LogP contribution is -2.23. The van der Waals surface area contributed by atoms with Gasteiger partial charge in [-0.05, 0) is 36.6 Å². The summed E-state index contributed by atoms with van der Waals surface area (Å²) in [5.41, 5.74) is 8.74. The molecule has 0 saturated carbocycles. The van der Waals surface area contributed by atoms with Crippen LogP contribution in [0, 0.1) is 13.8 Å². The predicted octanol–water partition coefficient (Wildman–Crippen LogP) is 2.83. The van der Waals surface area contributed by atoms with E-state index >= 15 is 0 Å². The van der Waals surface area contributed by atoms with Crippen molar-refractivity contribution < 1.29 is 19.1 Å². The molecule has 0 aliphatic carbocycles. The zero-order valence-corrected chi connectivity index (χ0v) is 15.5. The number of carbonyl (C=O) groups is 3. The van der Waals surface area contributed by atoms with Crippen LogP contribution >= 0.6 is 0 Å². The summed E-state index contributed by atoms with van der Waals surface area (Å²) in [6, 6.07) is 14.9. The number of hydrogen-bond donors (Lipinski definition) is 2. The molecule has 1 unspecified atom stereocenters. The molecule has 3 N–H and O–H groups in total. The lowest BCUT2D eigenvalue weighted by Gasteiger charge is -2.15. The number of nitrogens with two attached hydrogens (primary N) is 1. The number of primary amides is 1. The molecule has 0 spiro atoms. The van der Waals surface area contributed by atoms with E-state index in [2.05, 4.69) is 5.32 Å². The summed E-state index contributed by atoms with van der Waals surface area (Å²) in [5.74, 6) is -1.84. The first-order valence-electron chi connectivity index (χ1n) is 8.71. The Morgan fingerprint density at radius 1 is 1.04 bits per heavy atom. The van der Waals surface area contributed by atoms with Crippen LogP contribution in [0.4, 0.5) is 5.69 Å². The highest BCUT2D eigenvalue weighted by atomic mass is 16.5. The number of carbonyl (C=O) groups excluding carboxylic acids is 3. The zero-order chi connectivity index (χ0) is 19.8. The van der Waals surface area contributed by atoms with E-state index in [1.165, 1.54) is 0 Å². The third-order valence-corrected chi connectivity index (χ3v) is 4.16. The van der Waals surface area contributed by atoms with Gasteiger partial charge in [0.05, 0.1) is 6.42 Å². The van der Waals surface area contributed by atoms with E-state index in [1.807, 2.05) is 62.4 Å². The molecule has 1 atom stereocenters. The molecule has 0 radical (unpaired) electrons. The first kappa shape index (κ1) is 20.2. The molecule has 6 nitrogen and oxygen atoms in total. The largest absolute Gasteiger partial charge is 0.456 e. The van der Waals surface area contributed by atoms with Gasteiger partial charge in [-0.15, -0.1) is 0 Å². The molecular weight excluding hydrogens is 344 g/mol. The Kier molecular flexibility index (Phi) is 7.11. The molecule has 2 aromatic carbocycles. The Hall–Kier alpha value is -3.15. The normalized spacial score (nSPS) is 11.5. The third-order valence-electron chi connectivity index (χ3n) is 4.16. The number of hydrogen-bond acceptors (Lipinski definition) is 4. The van der Waals surface area contributed by atoms with Gasteiger partial charge in [-0.25, -0.2) is 0 Å². The Bertz CT molecular complexity index is 818. The number of ether oxygens (including phenoxy) is 1. The van der Waals surface area contributed by atoms with Gasteiger partial charge in [0.25, 0.3) is 5.91 Å². The van der Waals surface area contributed by atoms with Crippen molar-refractivity contribution in [3.8, 4) is 0 Å². The summed E-state index contributed by atoms with van der Waals surface area (Å²) in [4.78, 5) is 35.5. The van der Waals surface area contributed by atoms with Gasteiger partial charge in [-0.3, -0.25) is 14.4 Å². The molecule has 0 heterocycles. The van der Waals surface area contributed by atoms with Crippen molar-refractivity contribution in [1.29, 1.82) is 0 Å². The smallest absolute Gasteiger partial charge is 0.306 e. The van der Waals surface area contributed by atoms with Crippen LogP contribution in [0.3, 0.4) is 0 Å². The van der Waals surface area contributed by atoms with Crippen molar-refractivity contribution in [2.75, 3.05) is 11.9 Å². The first-order valence-corrected chi connectivity index (χ1v) is 8.71. The molecular formula is C21H24N2O4. The van der Waals surface area contributed by atoms with E-state index in [4.69, 9.17) is 10.5 Å². The van der Waals surface area contributed by atoms with Crippen molar-refractivity contribution in [3.05, 3.63) is 65.2 Å². The average molecular weight is 368 g/mol. The van der Waals surface area contributed by atoms with Gasteiger partial charge < -0.3 is 15.8 Å². The van der Waals surface area contributed by atoms with E-state index in [0.717, 1.165) is 16.7 Å². The molecule has 2 rings (SSSR count). The minimum Gasteiger partial charge on any atom is -0.456 e. The molecule has 2 amide bonds. The number of benzene rings is 2. The second-order valence-electron chi connectivity index (χ2n) is 6.51. The monoisotopic (exact) mass is 368 g/mol. The third kappa shape index (κ3) is 6.58. The highest BCUT2D eigenvalue weighted by Gasteiger charge is 2.20. The van der Waals surface area contributed by atoms with Crippen LogP contribution in [-0.2, 0) is 19.1 Å². The number of esters is 1. The first-order chi connectivity index (χ1) is 12.8. The predicted molar refractivity (Wildman–Crippen MR) is 103 cm³/mol. The fourth-order valence-electron chi connectivity index (χ4n) is 2.74. The molecule has 0 aromatic heterocycles. The van der Waals surface area contributed by atoms with Gasteiger partial charge in [0.1, 0.15) is 0 Å². The average Bonchev–Trinajstić information content (AvgIpc) is 2.63. The maximum absolute atomic E-state index is 12.1. The van der Waals surface area contributed by atoms with Gasteiger partial charge in [0.15, 0.2) is 6.61 Å². The topological polar surface area (TPSA) is 98.5 Å². The molecule has 2 aromatic rings. The Balaban J connectivity index is 1.90. The standard InChI is InChI=1S/C21H24N2O4/c1-14-8-9-15(2)18(10-14)23-20(25)13-27-21(26)12-17(11-19(22)24)16-6-4-3-5-7-16/h3-10,17H,11-13H2,1-2H3,(H2,22,24)(H,23,25). The molecule has 0 saturated heterocycles. The van der Waals surface area contributed by atoms with E-state index in [9.17, 15) is 14.4 Å². The number of rotatable bonds is 8. The highest BCUT2D eigenvalue weighted by Crippen LogP contribution is 2.23. The molecule has 142 valence electrons. The number of anilines is 1. The Morgan fingerprint density at radius 3 is 2.41 bits per heavy atom. The van der Waals surface area contributed by atoms with Crippen molar-refractivity contribution in [3.63, 3.8) is 0 Å². The summed E-state index contributed by atoms with van der Waals surface area (Å²) >= 11 is 0. The summed E-state index contributed by atoms with van der Waals surface area (Å²) in [6.07, 6.45) is 0.0114. The van der Waals surface area contributed by atoms with Crippen molar-refractivity contribution >= 4 is 23.5 Å². The number of aryl methyl sites for hydroxylation is 2. The second-order valence-corrected chi connectivity index (χ2v) is 6.51. The molecule has 0 aliphatic rings. The van der Waals surface area contributed by atoms with Crippen LogP contribution in [0.15, 0.2) is 48.5 Å². The highest BCUT2D eigenvalue weighted by molar-refractivity contribution is 5.93. The summed E-state index contributed by atoms with van der Waals surface area (Å²) in [6.45, 7) is 3.43. The van der Waals surface area contributed by atoms with Crippen molar-refractivity contribution in [1.82, 2.24) is 0 Å². The minimum absolute atomic E-state index is 0.0241. The maximum Gasteiger partial charge on any atom is 0.306 e.